The van der Waals surface area contributed by atoms with E-state index in [-0.39, 0.29) is 47.8 Å². The molecular formula is C32H56N2O9. The minimum atomic E-state index is -2.29. The fourth-order valence-electron chi connectivity index (χ4n) is 10.0. The summed E-state index contributed by atoms with van der Waals surface area (Å²) in [5, 5.41) is 74.1. The van der Waals surface area contributed by atoms with Crippen LogP contribution >= 0.6 is 0 Å². The second-order valence-corrected chi connectivity index (χ2v) is 14.8. The van der Waals surface area contributed by atoms with Crippen LogP contribution in [0.1, 0.15) is 85.0 Å². The zero-order valence-corrected chi connectivity index (χ0v) is 26.1. The van der Waals surface area contributed by atoms with Gasteiger partial charge in [-0.1, -0.05) is 20.8 Å². The highest BCUT2D eigenvalue weighted by atomic mass is 16.5. The van der Waals surface area contributed by atoms with Crippen molar-refractivity contribution >= 4 is 11.7 Å². The van der Waals surface area contributed by atoms with Gasteiger partial charge >= 0.3 is 0 Å². The molecule has 13 atom stereocenters. The van der Waals surface area contributed by atoms with Gasteiger partial charge in [0.1, 0.15) is 18.0 Å². The Labute approximate surface area is 255 Å². The van der Waals surface area contributed by atoms with E-state index < -0.39 is 30.5 Å². The summed E-state index contributed by atoms with van der Waals surface area (Å²) in [4.78, 5) is 24.8. The van der Waals surface area contributed by atoms with E-state index in [1.54, 1.807) is 0 Å². The lowest BCUT2D eigenvalue weighted by atomic mass is 9.43. The van der Waals surface area contributed by atoms with E-state index in [1.165, 1.54) is 12.8 Å². The molecule has 0 heterocycles. The molecule has 0 aromatic carbocycles. The van der Waals surface area contributed by atoms with Gasteiger partial charge in [-0.15, -0.1) is 0 Å². The first-order valence-corrected chi connectivity index (χ1v) is 16.5. The van der Waals surface area contributed by atoms with Gasteiger partial charge in [0.05, 0.1) is 18.8 Å². The first-order chi connectivity index (χ1) is 20.2. The fraction of sp³-hybridized carbons (Fsp3) is 0.938. The van der Waals surface area contributed by atoms with E-state index in [0.29, 0.717) is 49.0 Å². The molecule has 4 aliphatic carbocycles. The maximum absolute atomic E-state index is 12.9. The predicted octanol–water partition coefficient (Wildman–Crippen LogP) is 0.0616. The van der Waals surface area contributed by atoms with Gasteiger partial charge < -0.3 is 46.4 Å². The van der Waals surface area contributed by atoms with Crippen LogP contribution in [-0.2, 0) is 9.59 Å². The minimum absolute atomic E-state index is 0.107. The van der Waals surface area contributed by atoms with Gasteiger partial charge in [-0.05, 0) is 111 Å². The van der Waals surface area contributed by atoms with Gasteiger partial charge in [0, 0.05) is 13.0 Å². The molecule has 0 bridgehead atoms. The number of hydrogen-bond acceptors (Lipinski definition) is 10. The Balaban J connectivity index is 1.21. The van der Waals surface area contributed by atoms with Crippen molar-refractivity contribution in [2.24, 2.45) is 46.3 Å². The highest BCUT2D eigenvalue weighted by Gasteiger charge is 2.63. The van der Waals surface area contributed by atoms with Crippen molar-refractivity contribution in [3.63, 3.8) is 0 Å². The monoisotopic (exact) mass is 612 g/mol. The van der Waals surface area contributed by atoms with Gasteiger partial charge in [0.25, 0.3) is 5.91 Å². The standard InChI is InChI=1S/C32H56N2O9/c1-17(13-20(36)16-33-11-4-12-34-29(41)27(39)26(38)28(40)30(42)43)22-7-8-23-21-6-5-18-14-19(35)9-10-31(18,2)24(21)15-25(37)32(22,23)3/h17-19,21-28,30,33,35,37-40,42-43H,4-16H2,1-3H3,(H,34,41)/t17?,18?,19-,21?,22?,23?,24?,25+,26?,27?,28?,31?,32?/m1/s1. The molecule has 4 saturated carbocycles. The smallest absolute Gasteiger partial charge is 0.251 e. The number of Topliss-reactive ketones (excluding diaryl/α,β-unsaturated/α-hetero) is 1. The van der Waals surface area contributed by atoms with Crippen LogP contribution in [0.2, 0.25) is 0 Å². The largest absolute Gasteiger partial charge is 0.393 e. The van der Waals surface area contributed by atoms with Crippen molar-refractivity contribution in [1.82, 2.24) is 10.6 Å². The van der Waals surface area contributed by atoms with Gasteiger partial charge in [0.2, 0.25) is 0 Å². The van der Waals surface area contributed by atoms with E-state index in [4.69, 9.17) is 10.2 Å². The summed E-state index contributed by atoms with van der Waals surface area (Å²) in [5.74, 6) is 1.74. The lowest BCUT2D eigenvalue weighted by Crippen LogP contribution is -2.58. The Morgan fingerprint density at radius 2 is 1.60 bits per heavy atom. The second-order valence-electron chi connectivity index (χ2n) is 14.8. The maximum atomic E-state index is 12.9. The van der Waals surface area contributed by atoms with E-state index in [0.717, 1.165) is 38.5 Å². The Kier molecular flexibility index (Phi) is 11.4. The van der Waals surface area contributed by atoms with E-state index in [2.05, 4.69) is 31.4 Å². The zero-order chi connectivity index (χ0) is 31.7. The minimum Gasteiger partial charge on any atom is -0.393 e. The molecule has 4 aliphatic rings. The lowest BCUT2D eigenvalue weighted by Gasteiger charge is -2.62. The molecule has 11 nitrogen and oxygen atoms in total. The van der Waals surface area contributed by atoms with Crippen LogP contribution in [0, 0.1) is 46.3 Å². The molecule has 0 aromatic rings. The number of carbonyl (C=O) groups excluding carboxylic acids is 2. The number of ketones is 1. The van der Waals surface area contributed by atoms with Crippen molar-refractivity contribution in [2.45, 2.75) is 122 Å². The molecule has 4 rings (SSSR count). The zero-order valence-electron chi connectivity index (χ0n) is 26.1. The SMILES string of the molecule is CC(CC(=O)CNCCCNC(=O)C(O)C(O)C(O)C(O)O)C1CCC2C3CCC4C[C@H](O)CCC4(C)C3C[C@H](O)C12C. The normalized spacial score (nSPS) is 40.1. The second kappa shape index (κ2) is 14.1. The van der Waals surface area contributed by atoms with Crippen molar-refractivity contribution in [1.29, 1.82) is 0 Å². The molecule has 0 aliphatic heterocycles. The van der Waals surface area contributed by atoms with Crippen LogP contribution in [-0.4, -0.2) is 104 Å². The maximum Gasteiger partial charge on any atom is 0.251 e. The van der Waals surface area contributed by atoms with Crippen LogP contribution in [0.5, 0.6) is 0 Å². The first kappa shape index (κ1) is 34.7. The van der Waals surface area contributed by atoms with E-state index in [1.807, 2.05) is 0 Å². The summed E-state index contributed by atoms with van der Waals surface area (Å²) in [6, 6.07) is 0. The van der Waals surface area contributed by atoms with Crippen LogP contribution in [0.25, 0.3) is 0 Å². The highest BCUT2D eigenvalue weighted by Crippen LogP contribution is 2.68. The summed E-state index contributed by atoms with van der Waals surface area (Å²) >= 11 is 0. The number of amides is 1. The average molecular weight is 613 g/mol. The molecule has 248 valence electrons. The summed E-state index contributed by atoms with van der Waals surface area (Å²) in [6.07, 6.45) is 0.0603. The topological polar surface area (TPSA) is 200 Å². The Morgan fingerprint density at radius 1 is 0.884 bits per heavy atom. The molecule has 4 fully saturated rings. The van der Waals surface area contributed by atoms with Crippen LogP contribution < -0.4 is 10.6 Å². The molecule has 0 spiro atoms. The third-order valence-corrected chi connectivity index (χ3v) is 12.5. The van der Waals surface area contributed by atoms with Gasteiger partial charge in [-0.2, -0.15) is 0 Å². The summed E-state index contributed by atoms with van der Waals surface area (Å²) in [6.45, 7) is 7.66. The number of aliphatic hydroxyl groups is 7. The third-order valence-electron chi connectivity index (χ3n) is 12.5. The van der Waals surface area contributed by atoms with Gasteiger partial charge in [-0.3, -0.25) is 9.59 Å². The summed E-state index contributed by atoms with van der Waals surface area (Å²) in [5.41, 5.74) is 0.0129. The number of carbonyl (C=O) groups is 2. The predicted molar refractivity (Wildman–Crippen MR) is 158 cm³/mol. The quantitative estimate of drug-likeness (QED) is 0.101. The Morgan fingerprint density at radius 3 is 2.30 bits per heavy atom. The molecular weight excluding hydrogens is 556 g/mol. The molecule has 0 saturated heterocycles. The van der Waals surface area contributed by atoms with Crippen LogP contribution in [0.4, 0.5) is 0 Å². The number of fused-ring (bicyclic) bond motifs is 5. The van der Waals surface area contributed by atoms with E-state index >= 15 is 0 Å². The number of hydrogen-bond donors (Lipinski definition) is 9. The van der Waals surface area contributed by atoms with Crippen LogP contribution in [0.15, 0.2) is 0 Å². The Bertz CT molecular complexity index is 967. The van der Waals surface area contributed by atoms with Crippen molar-refractivity contribution in [3.05, 3.63) is 0 Å². The third kappa shape index (κ3) is 6.99. The van der Waals surface area contributed by atoms with Crippen LogP contribution in [0.3, 0.4) is 0 Å². The Hall–Kier alpha value is -1.18. The van der Waals surface area contributed by atoms with Crippen molar-refractivity contribution < 1.29 is 45.3 Å². The average Bonchev–Trinajstić information content (AvgIpc) is 3.33. The first-order valence-electron chi connectivity index (χ1n) is 16.5. The molecule has 11 heteroatoms. The van der Waals surface area contributed by atoms with Crippen molar-refractivity contribution in [2.75, 3.05) is 19.6 Å². The number of rotatable bonds is 13. The number of aliphatic hydroxyl groups excluding tert-OH is 6. The molecule has 0 aromatic heterocycles. The highest BCUT2D eigenvalue weighted by molar-refractivity contribution is 5.81. The molecule has 9 N–H and O–H groups in total. The van der Waals surface area contributed by atoms with Gasteiger partial charge in [0.15, 0.2) is 12.4 Å². The summed E-state index contributed by atoms with van der Waals surface area (Å²) in [7, 11) is 0. The fourth-order valence-corrected chi connectivity index (χ4v) is 10.0. The molecule has 0 radical (unpaired) electrons. The molecule has 1 amide bonds. The van der Waals surface area contributed by atoms with Gasteiger partial charge in [-0.25, -0.2) is 0 Å². The van der Waals surface area contributed by atoms with E-state index in [9.17, 15) is 35.1 Å². The lowest BCUT2D eigenvalue weighted by molar-refractivity contribution is -0.180. The van der Waals surface area contributed by atoms with Crippen molar-refractivity contribution in [3.8, 4) is 0 Å². The molecule has 11 unspecified atom stereocenters. The number of nitrogens with one attached hydrogen (secondary N) is 2. The molecule has 43 heavy (non-hydrogen) atoms. The summed E-state index contributed by atoms with van der Waals surface area (Å²) < 4.78 is 0.